The number of pyridine rings is 1. The predicted octanol–water partition coefficient (Wildman–Crippen LogP) is 1.43. The second-order valence-electron chi connectivity index (χ2n) is 4.17. The number of aliphatic carboxylic acids is 1. The van der Waals surface area contributed by atoms with Crippen LogP contribution < -0.4 is 4.90 Å². The maximum absolute atomic E-state index is 12.2. The lowest BCUT2D eigenvalue weighted by Crippen LogP contribution is -2.47. The Morgan fingerprint density at radius 2 is 2.11 bits per heavy atom. The summed E-state index contributed by atoms with van der Waals surface area (Å²) in [5.41, 5.74) is 0.624. The van der Waals surface area contributed by atoms with E-state index < -0.39 is 5.97 Å². The zero-order chi connectivity index (χ0) is 13.7. The maximum atomic E-state index is 12.2. The van der Waals surface area contributed by atoms with Crippen molar-refractivity contribution in [2.45, 2.75) is 19.9 Å². The van der Waals surface area contributed by atoms with Gasteiger partial charge in [0.2, 0.25) is 0 Å². The van der Waals surface area contributed by atoms with Crippen LogP contribution in [-0.2, 0) is 4.79 Å². The molecule has 0 radical (unpaired) electrons. The van der Waals surface area contributed by atoms with Crippen molar-refractivity contribution in [3.63, 3.8) is 0 Å². The van der Waals surface area contributed by atoms with Crippen LogP contribution in [-0.4, -0.2) is 46.6 Å². The fourth-order valence-corrected chi connectivity index (χ4v) is 1.47. The Hall–Kier alpha value is -2.11. The summed E-state index contributed by atoms with van der Waals surface area (Å²) in [7, 11) is 1.59. The van der Waals surface area contributed by atoms with E-state index in [9.17, 15) is 9.59 Å². The number of hydrogen-bond donors (Lipinski definition) is 1. The lowest BCUT2D eigenvalue weighted by Gasteiger charge is -2.29. The Balaban J connectivity index is 2.86. The third kappa shape index (κ3) is 3.44. The summed E-state index contributed by atoms with van der Waals surface area (Å²) in [6.07, 6.45) is 3.16. The molecule has 1 aromatic rings. The van der Waals surface area contributed by atoms with Crippen LogP contribution in [0.25, 0.3) is 0 Å². The van der Waals surface area contributed by atoms with Crippen molar-refractivity contribution in [2.24, 2.45) is 0 Å². The van der Waals surface area contributed by atoms with Gasteiger partial charge in [-0.25, -0.2) is 4.79 Å². The molecule has 0 atom stereocenters. The second-order valence-corrected chi connectivity index (χ2v) is 4.17. The third-order valence-corrected chi connectivity index (χ3v) is 2.49. The molecule has 1 rings (SSSR count). The average molecular weight is 251 g/mol. The largest absolute Gasteiger partial charge is 0.480 e. The molecule has 0 unspecified atom stereocenters. The molecule has 0 aromatic carbocycles. The molecule has 98 valence electrons. The van der Waals surface area contributed by atoms with Gasteiger partial charge in [-0.1, -0.05) is 0 Å². The molecule has 18 heavy (non-hydrogen) atoms. The monoisotopic (exact) mass is 251 g/mol. The van der Waals surface area contributed by atoms with E-state index >= 15 is 0 Å². The highest BCUT2D eigenvalue weighted by Crippen LogP contribution is 2.13. The fraction of sp³-hybridized carbons (Fsp3) is 0.417. The molecule has 0 saturated carbocycles. The number of anilines is 1. The van der Waals surface area contributed by atoms with Crippen LogP contribution >= 0.6 is 0 Å². The molecule has 0 aliphatic heterocycles. The van der Waals surface area contributed by atoms with Crippen LogP contribution in [0.2, 0.25) is 0 Å². The van der Waals surface area contributed by atoms with Crippen molar-refractivity contribution in [1.82, 2.24) is 9.88 Å². The van der Waals surface area contributed by atoms with E-state index in [2.05, 4.69) is 4.98 Å². The molecule has 1 heterocycles. The molecule has 0 saturated heterocycles. The van der Waals surface area contributed by atoms with Gasteiger partial charge in [0.05, 0.1) is 11.9 Å². The Kier molecular flexibility index (Phi) is 4.65. The van der Waals surface area contributed by atoms with Crippen LogP contribution in [0.1, 0.15) is 13.8 Å². The van der Waals surface area contributed by atoms with Gasteiger partial charge in [-0.15, -0.1) is 0 Å². The zero-order valence-corrected chi connectivity index (χ0v) is 10.7. The first-order chi connectivity index (χ1) is 8.43. The van der Waals surface area contributed by atoms with Gasteiger partial charge in [-0.05, 0) is 26.0 Å². The lowest BCUT2D eigenvalue weighted by atomic mass is 10.3. The summed E-state index contributed by atoms with van der Waals surface area (Å²) in [5, 5.41) is 8.81. The number of aromatic nitrogens is 1. The third-order valence-electron chi connectivity index (χ3n) is 2.49. The summed E-state index contributed by atoms with van der Waals surface area (Å²) in [6, 6.07) is 2.91. The number of urea groups is 1. The topological polar surface area (TPSA) is 73.7 Å². The summed E-state index contributed by atoms with van der Waals surface area (Å²) >= 11 is 0. The summed E-state index contributed by atoms with van der Waals surface area (Å²) in [4.78, 5) is 29.5. The minimum atomic E-state index is -1.03. The van der Waals surface area contributed by atoms with E-state index in [1.165, 1.54) is 9.80 Å². The number of carbonyl (C=O) groups is 2. The quantitative estimate of drug-likeness (QED) is 0.878. The van der Waals surface area contributed by atoms with Crippen molar-refractivity contribution in [1.29, 1.82) is 0 Å². The number of carboxylic acid groups (broad SMARTS) is 1. The van der Waals surface area contributed by atoms with Gasteiger partial charge in [0.25, 0.3) is 0 Å². The van der Waals surface area contributed by atoms with Gasteiger partial charge in [-0.2, -0.15) is 0 Å². The Labute approximate surface area is 106 Å². The highest BCUT2D eigenvalue weighted by atomic mass is 16.4. The normalized spacial score (nSPS) is 10.2. The second kappa shape index (κ2) is 6.00. The average Bonchev–Trinajstić information content (AvgIpc) is 2.34. The number of amides is 2. The summed E-state index contributed by atoms with van der Waals surface area (Å²) in [5.74, 6) is -1.03. The maximum Gasteiger partial charge on any atom is 0.325 e. The molecule has 6 heteroatoms. The zero-order valence-electron chi connectivity index (χ0n) is 10.7. The molecule has 0 aliphatic carbocycles. The van der Waals surface area contributed by atoms with Crippen molar-refractivity contribution >= 4 is 17.7 Å². The van der Waals surface area contributed by atoms with Gasteiger partial charge in [0.15, 0.2) is 0 Å². The number of carbonyl (C=O) groups excluding carboxylic acids is 1. The highest BCUT2D eigenvalue weighted by Gasteiger charge is 2.23. The molecule has 1 N–H and O–H groups in total. The van der Waals surface area contributed by atoms with E-state index in [0.29, 0.717) is 5.69 Å². The Morgan fingerprint density at radius 1 is 1.44 bits per heavy atom. The molecule has 6 nitrogen and oxygen atoms in total. The first-order valence-corrected chi connectivity index (χ1v) is 5.59. The number of nitrogens with zero attached hydrogens (tertiary/aromatic N) is 3. The Bertz CT molecular complexity index is 420. The minimum Gasteiger partial charge on any atom is -0.480 e. The first kappa shape index (κ1) is 14.0. The van der Waals surface area contributed by atoms with Gasteiger partial charge in [0, 0.05) is 19.3 Å². The predicted molar refractivity (Wildman–Crippen MR) is 67.5 cm³/mol. The van der Waals surface area contributed by atoms with E-state index in [1.807, 2.05) is 0 Å². The molecule has 0 fully saturated rings. The van der Waals surface area contributed by atoms with Gasteiger partial charge in [0.1, 0.15) is 6.54 Å². The summed E-state index contributed by atoms with van der Waals surface area (Å²) < 4.78 is 0. The standard InChI is InChI=1S/C12H17N3O3/c1-9(2)15(8-11(16)17)12(18)14(3)10-5-4-6-13-7-10/h4-7,9H,8H2,1-3H3,(H,16,17). The van der Waals surface area contributed by atoms with Crippen molar-refractivity contribution < 1.29 is 14.7 Å². The molecule has 2 amide bonds. The summed E-state index contributed by atoms with van der Waals surface area (Å²) in [6.45, 7) is 3.23. The molecule has 0 spiro atoms. The van der Waals surface area contributed by atoms with Crippen molar-refractivity contribution in [3.05, 3.63) is 24.5 Å². The molecule has 0 bridgehead atoms. The molecular weight excluding hydrogens is 234 g/mol. The van der Waals surface area contributed by atoms with Crippen molar-refractivity contribution in [2.75, 3.05) is 18.5 Å². The van der Waals surface area contributed by atoms with E-state index in [4.69, 9.17) is 5.11 Å². The van der Waals surface area contributed by atoms with Gasteiger partial charge >= 0.3 is 12.0 Å². The van der Waals surface area contributed by atoms with Crippen LogP contribution in [0.15, 0.2) is 24.5 Å². The molecule has 0 aliphatic rings. The highest BCUT2D eigenvalue weighted by molar-refractivity contribution is 5.93. The number of hydrogen-bond acceptors (Lipinski definition) is 3. The number of carboxylic acids is 1. The molecular formula is C12H17N3O3. The molecule has 1 aromatic heterocycles. The smallest absolute Gasteiger partial charge is 0.325 e. The fourth-order valence-electron chi connectivity index (χ4n) is 1.47. The van der Waals surface area contributed by atoms with Gasteiger partial charge < -0.3 is 10.0 Å². The van der Waals surface area contributed by atoms with Crippen LogP contribution in [0.5, 0.6) is 0 Å². The van der Waals surface area contributed by atoms with Crippen LogP contribution in [0.4, 0.5) is 10.5 Å². The van der Waals surface area contributed by atoms with E-state index in [0.717, 1.165) is 0 Å². The van der Waals surface area contributed by atoms with Crippen molar-refractivity contribution in [3.8, 4) is 0 Å². The Morgan fingerprint density at radius 3 is 2.56 bits per heavy atom. The van der Waals surface area contributed by atoms with E-state index in [1.54, 1.807) is 45.4 Å². The van der Waals surface area contributed by atoms with E-state index in [-0.39, 0.29) is 18.6 Å². The van der Waals surface area contributed by atoms with Crippen LogP contribution in [0.3, 0.4) is 0 Å². The lowest BCUT2D eigenvalue weighted by molar-refractivity contribution is -0.137. The van der Waals surface area contributed by atoms with Gasteiger partial charge in [-0.3, -0.25) is 14.7 Å². The first-order valence-electron chi connectivity index (χ1n) is 5.59. The minimum absolute atomic E-state index is 0.187. The number of rotatable bonds is 4. The van der Waals surface area contributed by atoms with Crippen LogP contribution in [0, 0.1) is 0 Å². The SMILES string of the molecule is CC(C)N(CC(=O)O)C(=O)N(C)c1cccnc1.